The molecule has 1 aliphatic rings. The number of anilines is 2. The summed E-state index contributed by atoms with van der Waals surface area (Å²) in [5.41, 5.74) is 0.931. The molecule has 0 unspecified atom stereocenters. The normalized spacial score (nSPS) is 14.6. The third kappa shape index (κ3) is 2.44. The van der Waals surface area contributed by atoms with Crippen molar-refractivity contribution in [1.29, 1.82) is 0 Å². The summed E-state index contributed by atoms with van der Waals surface area (Å²) in [6.45, 7) is 1.73. The molecule has 1 fully saturated rings. The van der Waals surface area contributed by atoms with E-state index in [0.29, 0.717) is 11.4 Å². The molecule has 0 spiro atoms. The summed E-state index contributed by atoms with van der Waals surface area (Å²) < 4.78 is 14.1. The van der Waals surface area contributed by atoms with Crippen LogP contribution in [0.4, 0.5) is 15.8 Å². The summed E-state index contributed by atoms with van der Waals surface area (Å²) >= 11 is 0. The van der Waals surface area contributed by atoms with Gasteiger partial charge in [0.15, 0.2) is 0 Å². The number of benzene rings is 1. The van der Waals surface area contributed by atoms with E-state index in [-0.39, 0.29) is 11.6 Å². The third-order valence-electron chi connectivity index (χ3n) is 3.20. The maximum absolute atomic E-state index is 14.1. The van der Waals surface area contributed by atoms with Gasteiger partial charge in [-0.3, -0.25) is 4.79 Å². The molecule has 1 aromatic carbocycles. The predicted molar refractivity (Wildman–Crippen MR) is 70.0 cm³/mol. The minimum absolute atomic E-state index is 0.0889. The number of nitrogens with one attached hydrogen (secondary N) is 2. The molecule has 20 heavy (non-hydrogen) atoms. The number of hydrogen-bond donors (Lipinski definition) is 2. The minimum atomic E-state index is -0.535. The van der Waals surface area contributed by atoms with Gasteiger partial charge in [0.2, 0.25) is 0 Å². The number of carbonyl (C=O) groups is 1. The summed E-state index contributed by atoms with van der Waals surface area (Å²) in [7, 11) is 0. The maximum Gasteiger partial charge on any atom is 0.297 e. The summed E-state index contributed by atoms with van der Waals surface area (Å²) in [4.78, 5) is 13.7. The summed E-state index contributed by atoms with van der Waals surface area (Å²) in [5, 5.41) is 15.1. The molecule has 2 aromatic rings. The van der Waals surface area contributed by atoms with E-state index < -0.39 is 5.91 Å². The van der Waals surface area contributed by atoms with Gasteiger partial charge in [0, 0.05) is 18.8 Å². The van der Waals surface area contributed by atoms with Crippen LogP contribution in [0.5, 0.6) is 0 Å². The van der Waals surface area contributed by atoms with E-state index in [1.54, 1.807) is 12.1 Å². The molecule has 0 atom stereocenters. The first-order chi connectivity index (χ1) is 9.74. The van der Waals surface area contributed by atoms with Gasteiger partial charge in [-0.05, 0) is 36.3 Å². The number of halogens is 1. The van der Waals surface area contributed by atoms with Gasteiger partial charge in [-0.25, -0.2) is 4.39 Å². The summed E-state index contributed by atoms with van der Waals surface area (Å²) in [5.74, 6) is -0.973. The number of H-pyrrole nitrogens is 1. The third-order valence-corrected chi connectivity index (χ3v) is 3.20. The lowest BCUT2D eigenvalue weighted by molar-refractivity contribution is 0.101. The Labute approximate surface area is 114 Å². The Bertz CT molecular complexity index is 608. The molecule has 1 aliphatic heterocycles. The van der Waals surface area contributed by atoms with Gasteiger partial charge in [-0.1, -0.05) is 0 Å². The number of carbonyl (C=O) groups excluding carboxylic acids is 1. The number of nitrogens with zero attached hydrogens (tertiary/aromatic N) is 4. The maximum atomic E-state index is 14.1. The van der Waals surface area contributed by atoms with Crippen molar-refractivity contribution in [3.8, 4) is 0 Å². The Balaban J connectivity index is 1.75. The van der Waals surface area contributed by atoms with Crippen LogP contribution in [0, 0.1) is 5.82 Å². The highest BCUT2D eigenvalue weighted by Crippen LogP contribution is 2.26. The Morgan fingerprint density at radius 2 is 2.15 bits per heavy atom. The zero-order valence-electron chi connectivity index (χ0n) is 10.6. The Hall–Kier alpha value is -2.51. The van der Waals surface area contributed by atoms with E-state index in [9.17, 15) is 9.18 Å². The van der Waals surface area contributed by atoms with E-state index in [1.807, 2.05) is 4.90 Å². The molecule has 0 saturated carbocycles. The van der Waals surface area contributed by atoms with Crippen molar-refractivity contribution >= 4 is 17.3 Å². The van der Waals surface area contributed by atoms with Crippen LogP contribution in [-0.4, -0.2) is 39.6 Å². The second-order valence-electron chi connectivity index (χ2n) is 4.55. The first-order valence-electron chi connectivity index (χ1n) is 6.33. The Kier molecular flexibility index (Phi) is 3.28. The fraction of sp³-hybridized carbons (Fsp3) is 0.333. The summed E-state index contributed by atoms with van der Waals surface area (Å²) in [6, 6.07) is 4.63. The fourth-order valence-corrected chi connectivity index (χ4v) is 2.24. The van der Waals surface area contributed by atoms with Gasteiger partial charge in [0.1, 0.15) is 5.82 Å². The predicted octanol–water partition coefficient (Wildman–Crippen LogP) is 1.19. The molecule has 3 rings (SSSR count). The number of amides is 1. The molecular formula is C12H13FN6O. The smallest absolute Gasteiger partial charge is 0.297 e. The number of aromatic amines is 1. The van der Waals surface area contributed by atoms with Crippen molar-refractivity contribution in [3.63, 3.8) is 0 Å². The number of rotatable bonds is 3. The van der Waals surface area contributed by atoms with E-state index in [4.69, 9.17) is 0 Å². The van der Waals surface area contributed by atoms with Gasteiger partial charge in [-0.2, -0.15) is 5.21 Å². The zero-order chi connectivity index (χ0) is 13.9. The second kappa shape index (κ2) is 5.24. The van der Waals surface area contributed by atoms with Gasteiger partial charge in [0.25, 0.3) is 11.7 Å². The van der Waals surface area contributed by atoms with E-state index in [2.05, 4.69) is 25.9 Å². The number of hydrogen-bond acceptors (Lipinski definition) is 5. The molecule has 1 amide bonds. The molecular weight excluding hydrogens is 263 g/mol. The molecule has 2 N–H and O–H groups in total. The summed E-state index contributed by atoms with van der Waals surface area (Å²) in [6.07, 6.45) is 2.16. The van der Waals surface area contributed by atoms with Crippen molar-refractivity contribution in [2.24, 2.45) is 0 Å². The minimum Gasteiger partial charge on any atom is -0.369 e. The molecule has 7 nitrogen and oxygen atoms in total. The van der Waals surface area contributed by atoms with Crippen molar-refractivity contribution in [3.05, 3.63) is 29.8 Å². The van der Waals surface area contributed by atoms with Crippen LogP contribution in [0.15, 0.2) is 18.2 Å². The molecule has 0 bridgehead atoms. The second-order valence-corrected chi connectivity index (χ2v) is 4.55. The topological polar surface area (TPSA) is 86.8 Å². The van der Waals surface area contributed by atoms with Gasteiger partial charge in [0.05, 0.1) is 5.69 Å². The van der Waals surface area contributed by atoms with Crippen LogP contribution in [0.3, 0.4) is 0 Å². The first-order valence-corrected chi connectivity index (χ1v) is 6.33. The van der Waals surface area contributed by atoms with Crippen LogP contribution in [-0.2, 0) is 0 Å². The van der Waals surface area contributed by atoms with Crippen LogP contribution in [0.1, 0.15) is 23.5 Å². The Morgan fingerprint density at radius 3 is 2.80 bits per heavy atom. The number of aromatic nitrogens is 4. The van der Waals surface area contributed by atoms with Crippen LogP contribution < -0.4 is 10.2 Å². The molecule has 0 aliphatic carbocycles. The molecule has 104 valence electrons. The van der Waals surface area contributed by atoms with E-state index in [0.717, 1.165) is 25.9 Å². The molecule has 1 saturated heterocycles. The van der Waals surface area contributed by atoms with Gasteiger partial charge in [-0.15, -0.1) is 10.2 Å². The average Bonchev–Trinajstić information content (AvgIpc) is 3.12. The highest BCUT2D eigenvalue weighted by molar-refractivity contribution is 6.01. The lowest BCUT2D eigenvalue weighted by Gasteiger charge is -2.18. The monoisotopic (exact) mass is 276 g/mol. The quantitative estimate of drug-likeness (QED) is 0.879. The van der Waals surface area contributed by atoms with Crippen molar-refractivity contribution in [1.82, 2.24) is 20.6 Å². The van der Waals surface area contributed by atoms with Crippen molar-refractivity contribution in [2.75, 3.05) is 23.3 Å². The van der Waals surface area contributed by atoms with E-state index >= 15 is 0 Å². The fourth-order valence-electron chi connectivity index (χ4n) is 2.24. The zero-order valence-corrected chi connectivity index (χ0v) is 10.6. The van der Waals surface area contributed by atoms with Crippen LogP contribution in [0.2, 0.25) is 0 Å². The molecule has 1 aromatic heterocycles. The molecule has 2 heterocycles. The number of tetrazole rings is 1. The standard InChI is InChI=1S/C12H13FN6O/c13-9-7-8(14-12(20)11-15-17-18-16-11)3-4-10(9)19-5-1-2-6-19/h3-4,7H,1-2,5-6H2,(H,14,20)(H,15,16,17,18). The van der Waals surface area contributed by atoms with Crippen LogP contribution >= 0.6 is 0 Å². The highest BCUT2D eigenvalue weighted by atomic mass is 19.1. The highest BCUT2D eigenvalue weighted by Gasteiger charge is 2.17. The lowest BCUT2D eigenvalue weighted by atomic mass is 10.2. The first kappa shape index (κ1) is 12.5. The van der Waals surface area contributed by atoms with Crippen LogP contribution in [0.25, 0.3) is 0 Å². The largest absolute Gasteiger partial charge is 0.369 e. The molecule has 8 heteroatoms. The lowest BCUT2D eigenvalue weighted by Crippen LogP contribution is -2.19. The van der Waals surface area contributed by atoms with Gasteiger partial charge >= 0.3 is 0 Å². The van der Waals surface area contributed by atoms with Crippen molar-refractivity contribution < 1.29 is 9.18 Å². The van der Waals surface area contributed by atoms with E-state index in [1.165, 1.54) is 6.07 Å². The Morgan fingerprint density at radius 1 is 1.35 bits per heavy atom. The average molecular weight is 276 g/mol. The SMILES string of the molecule is O=C(Nc1ccc(N2CCCC2)c(F)c1)c1nn[nH]n1. The molecule has 0 radical (unpaired) electrons. The van der Waals surface area contributed by atoms with Gasteiger partial charge < -0.3 is 10.2 Å². The van der Waals surface area contributed by atoms with Crippen molar-refractivity contribution in [2.45, 2.75) is 12.8 Å².